The van der Waals surface area contributed by atoms with Gasteiger partial charge in [-0.25, -0.2) is 9.07 Å². The minimum absolute atomic E-state index is 0.0193. The fourth-order valence-electron chi connectivity index (χ4n) is 3.34. The first-order valence-corrected chi connectivity index (χ1v) is 9.28. The predicted octanol–water partition coefficient (Wildman–Crippen LogP) is 4.89. The summed E-state index contributed by atoms with van der Waals surface area (Å²) in [4.78, 5) is 14.3. The van der Waals surface area contributed by atoms with Gasteiger partial charge >= 0.3 is 0 Å². The molecule has 0 N–H and O–H groups in total. The number of amides is 1. The summed E-state index contributed by atoms with van der Waals surface area (Å²) in [6, 6.07) is 12.6. The van der Waals surface area contributed by atoms with Gasteiger partial charge in [0, 0.05) is 12.1 Å². The number of hydrogen-bond acceptors (Lipinski definition) is 2. The third-order valence-electron chi connectivity index (χ3n) is 4.65. The molecule has 27 heavy (non-hydrogen) atoms. The van der Waals surface area contributed by atoms with Crippen molar-refractivity contribution in [3.05, 3.63) is 80.8 Å². The van der Waals surface area contributed by atoms with Crippen LogP contribution in [-0.2, 0) is 13.0 Å². The third kappa shape index (κ3) is 3.22. The Balaban J connectivity index is 1.68. The van der Waals surface area contributed by atoms with Crippen LogP contribution < -0.4 is 4.90 Å². The van der Waals surface area contributed by atoms with E-state index in [2.05, 4.69) is 5.10 Å². The van der Waals surface area contributed by atoms with Crippen molar-refractivity contribution in [2.45, 2.75) is 19.9 Å². The molecule has 7 heteroatoms. The van der Waals surface area contributed by atoms with Gasteiger partial charge in [-0.15, -0.1) is 0 Å². The Morgan fingerprint density at radius 3 is 2.74 bits per heavy atom. The molecule has 0 unspecified atom stereocenters. The van der Waals surface area contributed by atoms with Gasteiger partial charge < -0.3 is 4.90 Å². The number of hydrogen-bond donors (Lipinski definition) is 0. The van der Waals surface area contributed by atoms with Crippen LogP contribution in [0.5, 0.6) is 0 Å². The fraction of sp³-hybridized carbons (Fsp3) is 0.200. The van der Waals surface area contributed by atoms with Crippen LogP contribution in [0, 0.1) is 12.7 Å². The van der Waals surface area contributed by atoms with E-state index < -0.39 is 5.82 Å². The van der Waals surface area contributed by atoms with Crippen molar-refractivity contribution < 1.29 is 9.18 Å². The Morgan fingerprint density at radius 1 is 1.19 bits per heavy atom. The highest BCUT2D eigenvalue weighted by atomic mass is 35.5. The minimum Gasteiger partial charge on any atom is -0.304 e. The highest BCUT2D eigenvalue weighted by Crippen LogP contribution is 2.32. The molecule has 0 spiro atoms. The molecule has 4 nitrogen and oxygen atoms in total. The van der Waals surface area contributed by atoms with Crippen molar-refractivity contribution in [1.82, 2.24) is 9.78 Å². The van der Waals surface area contributed by atoms with E-state index in [0.29, 0.717) is 30.2 Å². The number of anilines is 1. The Kier molecular flexibility index (Phi) is 4.66. The smallest absolute Gasteiger partial charge is 0.279 e. The van der Waals surface area contributed by atoms with Gasteiger partial charge in [0.2, 0.25) is 0 Å². The zero-order chi connectivity index (χ0) is 19.1. The molecule has 0 aliphatic carbocycles. The lowest BCUT2D eigenvalue weighted by molar-refractivity contribution is 0.0974. The Hall–Kier alpha value is -2.37. The van der Waals surface area contributed by atoms with Gasteiger partial charge in [0.05, 0.1) is 17.3 Å². The summed E-state index contributed by atoms with van der Waals surface area (Å²) in [5.74, 6) is -0.983. The molecule has 0 fully saturated rings. The van der Waals surface area contributed by atoms with Gasteiger partial charge in [-0.3, -0.25) is 4.79 Å². The number of nitrogens with zero attached hydrogens (tertiary/aromatic N) is 3. The van der Waals surface area contributed by atoms with E-state index in [-0.39, 0.29) is 22.3 Å². The van der Waals surface area contributed by atoms with E-state index >= 15 is 0 Å². The molecular weight excluding hydrogens is 388 g/mol. The minimum atomic E-state index is -0.610. The van der Waals surface area contributed by atoms with Crippen LogP contribution >= 0.6 is 23.2 Å². The molecule has 2 aromatic carbocycles. The van der Waals surface area contributed by atoms with Crippen molar-refractivity contribution >= 4 is 34.8 Å². The van der Waals surface area contributed by atoms with Gasteiger partial charge in [-0.05, 0) is 31.0 Å². The second kappa shape index (κ2) is 6.98. The van der Waals surface area contributed by atoms with Crippen LogP contribution in [0.15, 0.2) is 42.5 Å². The lowest BCUT2D eigenvalue weighted by atomic mass is 10.1. The predicted molar refractivity (Wildman–Crippen MR) is 104 cm³/mol. The molecule has 0 bridgehead atoms. The second-order valence-corrected chi connectivity index (χ2v) is 7.31. The largest absolute Gasteiger partial charge is 0.304 e. The molecule has 1 aromatic heterocycles. The summed E-state index contributed by atoms with van der Waals surface area (Å²) >= 11 is 12.3. The van der Waals surface area contributed by atoms with Gasteiger partial charge in [0.15, 0.2) is 11.5 Å². The number of fused-ring (bicyclic) bond motifs is 1. The molecule has 0 saturated carbocycles. The summed E-state index contributed by atoms with van der Waals surface area (Å²) in [5, 5.41) is 4.85. The molecule has 3 aromatic rings. The van der Waals surface area contributed by atoms with Crippen molar-refractivity contribution in [3.63, 3.8) is 0 Å². The first-order chi connectivity index (χ1) is 13.0. The average Bonchev–Trinajstić information content (AvgIpc) is 2.95. The molecule has 0 saturated heterocycles. The van der Waals surface area contributed by atoms with Crippen LogP contribution in [0.4, 0.5) is 10.1 Å². The number of benzene rings is 2. The van der Waals surface area contributed by atoms with E-state index in [1.54, 1.807) is 10.7 Å². The number of rotatable bonds is 3. The topological polar surface area (TPSA) is 38.1 Å². The zero-order valence-electron chi connectivity index (χ0n) is 14.5. The molecule has 0 radical (unpaired) electrons. The lowest BCUT2D eigenvalue weighted by Gasteiger charge is -2.26. The molecule has 1 aliphatic rings. The first-order valence-electron chi connectivity index (χ1n) is 8.52. The maximum Gasteiger partial charge on any atom is 0.279 e. The summed E-state index contributed by atoms with van der Waals surface area (Å²) in [7, 11) is 0. The number of aromatic nitrogens is 2. The van der Waals surface area contributed by atoms with Crippen LogP contribution in [0.25, 0.3) is 0 Å². The monoisotopic (exact) mass is 403 g/mol. The Morgan fingerprint density at radius 2 is 1.96 bits per heavy atom. The first kappa shape index (κ1) is 18.0. The van der Waals surface area contributed by atoms with Crippen molar-refractivity contribution in [2.75, 3.05) is 11.4 Å². The van der Waals surface area contributed by atoms with Gasteiger partial charge in [-0.2, -0.15) is 5.10 Å². The normalized spacial score (nSPS) is 13.8. The zero-order valence-corrected chi connectivity index (χ0v) is 16.1. The number of halogens is 3. The highest BCUT2D eigenvalue weighted by molar-refractivity contribution is 6.32. The molecule has 138 valence electrons. The van der Waals surface area contributed by atoms with Crippen LogP contribution in [0.3, 0.4) is 0 Å². The van der Waals surface area contributed by atoms with Crippen molar-refractivity contribution in [2.24, 2.45) is 0 Å². The fourth-order valence-corrected chi connectivity index (χ4v) is 3.79. The van der Waals surface area contributed by atoms with Gasteiger partial charge in [0.1, 0.15) is 5.15 Å². The molecule has 2 heterocycles. The average molecular weight is 404 g/mol. The third-order valence-corrected chi connectivity index (χ3v) is 5.37. The van der Waals surface area contributed by atoms with E-state index in [4.69, 9.17) is 23.2 Å². The highest BCUT2D eigenvalue weighted by Gasteiger charge is 2.33. The van der Waals surface area contributed by atoms with Crippen LogP contribution in [-0.4, -0.2) is 22.2 Å². The van der Waals surface area contributed by atoms with E-state index in [0.717, 1.165) is 11.1 Å². The summed E-state index contributed by atoms with van der Waals surface area (Å²) in [6.07, 6.45) is 0.500. The Labute approximate surface area is 166 Å². The standard InChI is InChI=1S/C20H16Cl2FN3O/c1-12-4-2-5-13(10-12)11-26-19(22)14-8-9-25(20(27)18(14)24-26)16-7-3-6-15(21)17(16)23/h2-7,10H,8-9,11H2,1H3. The molecule has 0 atom stereocenters. The van der Waals surface area contributed by atoms with E-state index in [1.807, 2.05) is 31.2 Å². The van der Waals surface area contributed by atoms with Crippen LogP contribution in [0.2, 0.25) is 10.2 Å². The Bertz CT molecular complexity index is 1050. The maximum absolute atomic E-state index is 14.4. The molecular formula is C20H16Cl2FN3O. The van der Waals surface area contributed by atoms with E-state index in [1.165, 1.54) is 17.0 Å². The summed E-state index contributed by atoms with van der Waals surface area (Å²) in [5.41, 5.74) is 3.30. The second-order valence-electron chi connectivity index (χ2n) is 6.54. The molecule has 1 amide bonds. The van der Waals surface area contributed by atoms with Crippen molar-refractivity contribution in [1.29, 1.82) is 0 Å². The maximum atomic E-state index is 14.4. The van der Waals surface area contributed by atoms with E-state index in [9.17, 15) is 9.18 Å². The number of carbonyl (C=O) groups excluding carboxylic acids is 1. The van der Waals surface area contributed by atoms with Crippen molar-refractivity contribution in [3.8, 4) is 0 Å². The molecule has 4 rings (SSSR count). The molecule has 1 aliphatic heterocycles. The quantitative estimate of drug-likeness (QED) is 0.624. The lowest BCUT2D eigenvalue weighted by Crippen LogP contribution is -2.38. The van der Waals surface area contributed by atoms with Gasteiger partial charge in [0.25, 0.3) is 5.91 Å². The summed E-state index contributed by atoms with van der Waals surface area (Å²) in [6.45, 7) is 2.80. The summed E-state index contributed by atoms with van der Waals surface area (Å²) < 4.78 is 16.0. The number of carbonyl (C=O) groups is 1. The van der Waals surface area contributed by atoms with Crippen LogP contribution in [0.1, 0.15) is 27.2 Å². The number of aryl methyl sites for hydroxylation is 1. The van der Waals surface area contributed by atoms with Gasteiger partial charge in [-0.1, -0.05) is 59.1 Å². The SMILES string of the molecule is Cc1cccc(Cn2nc3c(c2Cl)CCN(c2cccc(Cl)c2F)C3=O)c1.